The smallest absolute Gasteiger partial charge is 0.354 e. The Morgan fingerprint density at radius 1 is 1.56 bits per heavy atom. The largest absolute Gasteiger partial charge is 0.461 e. The van der Waals surface area contributed by atoms with Crippen LogP contribution in [0.5, 0.6) is 0 Å². The molecular formula is C14H16N2O2. The van der Waals surface area contributed by atoms with Crippen molar-refractivity contribution in [1.82, 2.24) is 9.55 Å². The van der Waals surface area contributed by atoms with Crippen molar-refractivity contribution in [2.75, 3.05) is 6.61 Å². The van der Waals surface area contributed by atoms with Gasteiger partial charge in [0.15, 0.2) is 0 Å². The van der Waals surface area contributed by atoms with Crippen molar-refractivity contribution in [2.45, 2.75) is 25.7 Å². The molecule has 2 aromatic rings. The number of hydrogen-bond donors (Lipinski definition) is 0. The number of ether oxygens (including phenoxy) is 1. The first-order chi connectivity index (χ1) is 8.72. The maximum atomic E-state index is 11.9. The van der Waals surface area contributed by atoms with Gasteiger partial charge in [-0.15, -0.1) is 0 Å². The molecule has 0 saturated heterocycles. The van der Waals surface area contributed by atoms with E-state index in [-0.39, 0.29) is 5.97 Å². The molecule has 2 heterocycles. The summed E-state index contributed by atoms with van der Waals surface area (Å²) >= 11 is 0. The fraction of sp³-hybridized carbons (Fsp3) is 0.429. The minimum absolute atomic E-state index is 0.266. The van der Waals surface area contributed by atoms with Crippen LogP contribution in [-0.2, 0) is 11.8 Å². The molecule has 4 nitrogen and oxygen atoms in total. The SMILES string of the molecule is CCOC(=O)c1cc2ccnc(C3CC3)c2n1C. The fourth-order valence-electron chi connectivity index (χ4n) is 2.39. The highest BCUT2D eigenvalue weighted by Gasteiger charge is 2.29. The Hall–Kier alpha value is -1.84. The molecule has 3 rings (SSSR count). The van der Waals surface area contributed by atoms with Crippen LogP contribution >= 0.6 is 0 Å². The standard InChI is InChI=1S/C14H16N2O2/c1-3-18-14(17)11-8-10-6-7-15-12(9-4-5-9)13(10)16(11)2/h6-9H,3-5H2,1-2H3. The minimum atomic E-state index is -0.266. The first kappa shape index (κ1) is 11.3. The first-order valence-corrected chi connectivity index (χ1v) is 6.33. The van der Waals surface area contributed by atoms with E-state index in [0.717, 1.165) is 16.6 Å². The topological polar surface area (TPSA) is 44.1 Å². The van der Waals surface area contributed by atoms with Crippen molar-refractivity contribution in [3.8, 4) is 0 Å². The second-order valence-corrected chi connectivity index (χ2v) is 4.72. The predicted molar refractivity (Wildman–Crippen MR) is 68.6 cm³/mol. The summed E-state index contributed by atoms with van der Waals surface area (Å²) in [5, 5.41) is 1.07. The van der Waals surface area contributed by atoms with Crippen LogP contribution < -0.4 is 0 Å². The maximum absolute atomic E-state index is 11.9. The van der Waals surface area contributed by atoms with Crippen LogP contribution in [0.4, 0.5) is 0 Å². The van der Waals surface area contributed by atoms with E-state index in [4.69, 9.17) is 4.74 Å². The summed E-state index contributed by atoms with van der Waals surface area (Å²) in [6, 6.07) is 3.84. The fourth-order valence-corrected chi connectivity index (χ4v) is 2.39. The molecule has 4 heteroatoms. The Morgan fingerprint density at radius 3 is 3.00 bits per heavy atom. The van der Waals surface area contributed by atoms with E-state index in [2.05, 4.69) is 4.98 Å². The molecule has 0 amide bonds. The third-order valence-electron chi connectivity index (χ3n) is 3.42. The van der Waals surface area contributed by atoms with Gasteiger partial charge in [0.25, 0.3) is 0 Å². The quantitative estimate of drug-likeness (QED) is 0.779. The molecule has 0 bridgehead atoms. The van der Waals surface area contributed by atoms with Gasteiger partial charge in [0.2, 0.25) is 0 Å². The number of aryl methyl sites for hydroxylation is 1. The van der Waals surface area contributed by atoms with E-state index in [9.17, 15) is 4.79 Å². The third-order valence-corrected chi connectivity index (χ3v) is 3.42. The van der Waals surface area contributed by atoms with Crippen molar-refractivity contribution in [1.29, 1.82) is 0 Å². The number of esters is 1. The molecule has 0 atom stereocenters. The summed E-state index contributed by atoms with van der Waals surface area (Å²) in [6.45, 7) is 2.21. The summed E-state index contributed by atoms with van der Waals surface area (Å²) in [4.78, 5) is 16.3. The van der Waals surface area contributed by atoms with Crippen LogP contribution in [0, 0.1) is 0 Å². The van der Waals surface area contributed by atoms with Gasteiger partial charge in [-0.25, -0.2) is 4.79 Å². The molecule has 0 spiro atoms. The summed E-state index contributed by atoms with van der Waals surface area (Å²) in [6.07, 6.45) is 4.23. The highest BCUT2D eigenvalue weighted by Crippen LogP contribution is 2.42. The van der Waals surface area contributed by atoms with E-state index in [0.29, 0.717) is 18.2 Å². The molecule has 2 aromatic heterocycles. The van der Waals surface area contributed by atoms with Crippen molar-refractivity contribution in [3.63, 3.8) is 0 Å². The molecule has 18 heavy (non-hydrogen) atoms. The van der Waals surface area contributed by atoms with E-state index < -0.39 is 0 Å². The summed E-state index contributed by atoms with van der Waals surface area (Å²) < 4.78 is 6.98. The third kappa shape index (κ3) is 1.68. The molecule has 0 unspecified atom stereocenters. The zero-order chi connectivity index (χ0) is 12.7. The van der Waals surface area contributed by atoms with Gasteiger partial charge in [0.05, 0.1) is 17.8 Å². The number of pyridine rings is 1. The van der Waals surface area contributed by atoms with Gasteiger partial charge in [-0.2, -0.15) is 0 Å². The molecule has 0 N–H and O–H groups in total. The number of carbonyl (C=O) groups excluding carboxylic acids is 1. The number of aromatic nitrogens is 2. The lowest BCUT2D eigenvalue weighted by molar-refractivity contribution is 0.0516. The normalized spacial score (nSPS) is 15.0. The lowest BCUT2D eigenvalue weighted by Crippen LogP contribution is -2.10. The van der Waals surface area contributed by atoms with Crippen molar-refractivity contribution in [2.24, 2.45) is 7.05 Å². The summed E-state index contributed by atoms with van der Waals surface area (Å²) in [7, 11) is 1.90. The van der Waals surface area contributed by atoms with E-state index in [1.54, 1.807) is 0 Å². The molecule has 0 radical (unpaired) electrons. The van der Waals surface area contributed by atoms with Crippen molar-refractivity contribution in [3.05, 3.63) is 29.7 Å². The molecule has 0 aliphatic heterocycles. The average Bonchev–Trinajstić information content (AvgIpc) is 3.14. The highest BCUT2D eigenvalue weighted by atomic mass is 16.5. The molecule has 1 saturated carbocycles. The zero-order valence-corrected chi connectivity index (χ0v) is 10.6. The van der Waals surface area contributed by atoms with Gasteiger partial charge in [-0.05, 0) is 31.9 Å². The van der Waals surface area contributed by atoms with Crippen molar-refractivity contribution < 1.29 is 9.53 Å². The van der Waals surface area contributed by atoms with E-state index in [1.807, 2.05) is 36.9 Å². The van der Waals surface area contributed by atoms with Gasteiger partial charge >= 0.3 is 5.97 Å². The maximum Gasteiger partial charge on any atom is 0.354 e. The molecular weight excluding hydrogens is 228 g/mol. The first-order valence-electron chi connectivity index (χ1n) is 6.33. The average molecular weight is 244 g/mol. The number of rotatable bonds is 3. The predicted octanol–water partition coefficient (Wildman–Crippen LogP) is 2.63. The second-order valence-electron chi connectivity index (χ2n) is 4.72. The van der Waals surface area contributed by atoms with Gasteiger partial charge in [0, 0.05) is 24.5 Å². The Morgan fingerprint density at radius 2 is 2.33 bits per heavy atom. The molecule has 94 valence electrons. The van der Waals surface area contributed by atoms with Gasteiger partial charge < -0.3 is 9.30 Å². The van der Waals surface area contributed by atoms with Crippen LogP contribution in [0.25, 0.3) is 10.9 Å². The summed E-state index contributed by atoms with van der Waals surface area (Å²) in [5.41, 5.74) is 2.79. The Balaban J connectivity index is 2.15. The lowest BCUT2D eigenvalue weighted by Gasteiger charge is -2.06. The Bertz CT molecular complexity index is 612. The zero-order valence-electron chi connectivity index (χ0n) is 10.6. The second kappa shape index (κ2) is 4.12. The van der Waals surface area contributed by atoms with E-state index in [1.165, 1.54) is 12.8 Å². The monoisotopic (exact) mass is 244 g/mol. The van der Waals surface area contributed by atoms with Crippen LogP contribution in [0.3, 0.4) is 0 Å². The van der Waals surface area contributed by atoms with Crippen molar-refractivity contribution >= 4 is 16.9 Å². The Kier molecular flexibility index (Phi) is 2.58. The molecule has 1 aliphatic carbocycles. The van der Waals surface area contributed by atoms with Gasteiger partial charge in [-0.1, -0.05) is 0 Å². The molecule has 0 aromatic carbocycles. The Labute approximate surface area is 106 Å². The molecule has 1 aliphatic rings. The number of carbonyl (C=O) groups is 1. The molecule has 1 fully saturated rings. The van der Waals surface area contributed by atoms with Crippen LogP contribution in [0.2, 0.25) is 0 Å². The van der Waals surface area contributed by atoms with Gasteiger partial charge in [0.1, 0.15) is 5.69 Å². The van der Waals surface area contributed by atoms with Crippen LogP contribution in [0.15, 0.2) is 18.3 Å². The van der Waals surface area contributed by atoms with Crippen LogP contribution in [-0.4, -0.2) is 22.1 Å². The van der Waals surface area contributed by atoms with E-state index >= 15 is 0 Å². The number of nitrogens with zero attached hydrogens (tertiary/aromatic N) is 2. The number of fused-ring (bicyclic) bond motifs is 1. The summed E-state index contributed by atoms with van der Waals surface area (Å²) in [5.74, 6) is 0.301. The van der Waals surface area contributed by atoms with Gasteiger partial charge in [-0.3, -0.25) is 4.98 Å². The number of hydrogen-bond acceptors (Lipinski definition) is 3. The highest BCUT2D eigenvalue weighted by molar-refractivity contribution is 5.96. The van der Waals surface area contributed by atoms with Crippen LogP contribution in [0.1, 0.15) is 41.9 Å². The lowest BCUT2D eigenvalue weighted by atomic mass is 10.2. The minimum Gasteiger partial charge on any atom is -0.461 e.